The Labute approximate surface area is 120 Å². The van der Waals surface area contributed by atoms with Gasteiger partial charge in [0.2, 0.25) is 5.16 Å². The Bertz CT molecular complexity index is 654. The van der Waals surface area contributed by atoms with Crippen molar-refractivity contribution in [2.75, 3.05) is 5.73 Å². The van der Waals surface area contributed by atoms with Crippen molar-refractivity contribution in [2.24, 2.45) is 0 Å². The number of nitriles is 1. The van der Waals surface area contributed by atoms with Gasteiger partial charge in [-0.2, -0.15) is 5.26 Å². The van der Waals surface area contributed by atoms with Crippen LogP contribution in [0.3, 0.4) is 0 Å². The Morgan fingerprint density at radius 2 is 2.20 bits per heavy atom. The van der Waals surface area contributed by atoms with Gasteiger partial charge in [0, 0.05) is 6.20 Å². The number of nitrogen functional groups attached to an aromatic ring is 1. The van der Waals surface area contributed by atoms with Gasteiger partial charge in [0.15, 0.2) is 0 Å². The van der Waals surface area contributed by atoms with Gasteiger partial charge in [-0.1, -0.05) is 12.8 Å². The Morgan fingerprint density at radius 3 is 2.95 bits per heavy atom. The van der Waals surface area contributed by atoms with Crippen LogP contribution in [0.2, 0.25) is 0 Å². The molecule has 0 unspecified atom stereocenters. The number of hydrogen-bond acceptors (Lipinski definition) is 7. The molecule has 7 nitrogen and oxygen atoms in total. The van der Waals surface area contributed by atoms with Gasteiger partial charge in [-0.3, -0.25) is 0 Å². The molecule has 2 heterocycles. The van der Waals surface area contributed by atoms with Gasteiger partial charge >= 0.3 is 0 Å². The molecule has 102 valence electrons. The van der Waals surface area contributed by atoms with E-state index in [4.69, 9.17) is 11.0 Å². The monoisotopic (exact) mass is 287 g/mol. The third-order valence-electron chi connectivity index (χ3n) is 3.40. The van der Waals surface area contributed by atoms with E-state index in [9.17, 15) is 0 Å². The lowest BCUT2D eigenvalue weighted by Gasteiger charge is -2.11. The second-order valence-corrected chi connectivity index (χ2v) is 5.59. The molecule has 1 saturated carbocycles. The first-order chi connectivity index (χ1) is 9.79. The third kappa shape index (κ3) is 2.32. The number of tetrazole rings is 1. The fourth-order valence-corrected chi connectivity index (χ4v) is 3.21. The van der Waals surface area contributed by atoms with Crippen LogP contribution in [0.5, 0.6) is 0 Å². The molecule has 1 aliphatic carbocycles. The Morgan fingerprint density at radius 1 is 1.40 bits per heavy atom. The molecule has 0 aliphatic heterocycles. The minimum atomic E-state index is 0.355. The molecular weight excluding hydrogens is 274 g/mol. The lowest BCUT2D eigenvalue weighted by atomic mass is 10.2. The van der Waals surface area contributed by atoms with E-state index in [0.717, 1.165) is 12.8 Å². The standard InChI is InChI=1S/C12H13N7S/c13-7-8-5-6-15-11(10(8)14)20-12-16-17-18-19(12)9-3-1-2-4-9/h5-6,9H,1-4,14H2. The molecule has 2 N–H and O–H groups in total. The number of aromatic nitrogens is 5. The molecule has 2 aromatic heterocycles. The molecule has 3 rings (SSSR count). The molecule has 0 amide bonds. The highest BCUT2D eigenvalue weighted by atomic mass is 32.2. The number of anilines is 1. The van der Waals surface area contributed by atoms with Crippen molar-refractivity contribution in [2.45, 2.75) is 41.9 Å². The van der Waals surface area contributed by atoms with Crippen LogP contribution in [0.25, 0.3) is 0 Å². The van der Waals surface area contributed by atoms with Crippen LogP contribution in [0.1, 0.15) is 37.3 Å². The minimum absolute atomic E-state index is 0.355. The topological polar surface area (TPSA) is 106 Å². The van der Waals surface area contributed by atoms with Crippen LogP contribution in [0.4, 0.5) is 5.69 Å². The molecule has 1 fully saturated rings. The zero-order valence-corrected chi connectivity index (χ0v) is 11.5. The normalized spacial score (nSPS) is 15.3. The lowest BCUT2D eigenvalue weighted by molar-refractivity contribution is 0.423. The summed E-state index contributed by atoms with van der Waals surface area (Å²) in [7, 11) is 0. The van der Waals surface area contributed by atoms with Gasteiger partial charge in [-0.15, -0.1) is 5.10 Å². The van der Waals surface area contributed by atoms with Crippen molar-refractivity contribution in [1.82, 2.24) is 25.2 Å². The summed E-state index contributed by atoms with van der Waals surface area (Å²) >= 11 is 1.30. The minimum Gasteiger partial charge on any atom is -0.395 e. The molecule has 0 radical (unpaired) electrons. The Balaban J connectivity index is 1.89. The largest absolute Gasteiger partial charge is 0.395 e. The zero-order chi connectivity index (χ0) is 13.9. The van der Waals surface area contributed by atoms with Crippen molar-refractivity contribution in [3.8, 4) is 6.07 Å². The maximum Gasteiger partial charge on any atom is 0.215 e. The van der Waals surface area contributed by atoms with E-state index in [0.29, 0.717) is 27.5 Å². The molecule has 2 aromatic rings. The van der Waals surface area contributed by atoms with Crippen LogP contribution in [0.15, 0.2) is 22.4 Å². The lowest BCUT2D eigenvalue weighted by Crippen LogP contribution is -2.08. The van der Waals surface area contributed by atoms with Crippen molar-refractivity contribution < 1.29 is 0 Å². The quantitative estimate of drug-likeness (QED) is 0.917. The Kier molecular flexibility index (Phi) is 3.52. The highest BCUT2D eigenvalue weighted by Gasteiger charge is 2.22. The number of rotatable bonds is 3. The maximum absolute atomic E-state index is 8.98. The summed E-state index contributed by atoms with van der Waals surface area (Å²) in [6.45, 7) is 0. The number of nitrogens with two attached hydrogens (primary N) is 1. The van der Waals surface area contributed by atoms with Gasteiger partial charge in [0.05, 0.1) is 17.3 Å². The van der Waals surface area contributed by atoms with Gasteiger partial charge < -0.3 is 5.73 Å². The van der Waals surface area contributed by atoms with Crippen molar-refractivity contribution in [1.29, 1.82) is 5.26 Å². The summed E-state index contributed by atoms with van der Waals surface area (Å²) in [5.74, 6) is 0. The van der Waals surface area contributed by atoms with Crippen LogP contribution in [0, 0.1) is 11.3 Å². The van der Waals surface area contributed by atoms with Crippen LogP contribution in [-0.4, -0.2) is 25.2 Å². The zero-order valence-electron chi connectivity index (χ0n) is 10.7. The average molecular weight is 287 g/mol. The number of hydrogen-bond donors (Lipinski definition) is 1. The summed E-state index contributed by atoms with van der Waals surface area (Å²) in [6.07, 6.45) is 6.18. The van der Waals surface area contributed by atoms with E-state index in [1.165, 1.54) is 24.6 Å². The van der Waals surface area contributed by atoms with E-state index in [1.807, 2.05) is 10.8 Å². The summed E-state index contributed by atoms with van der Waals surface area (Å²) in [5.41, 5.74) is 6.73. The second-order valence-electron chi connectivity index (χ2n) is 4.64. The second kappa shape index (κ2) is 5.46. The van der Waals surface area contributed by atoms with E-state index < -0.39 is 0 Å². The predicted molar refractivity (Wildman–Crippen MR) is 72.8 cm³/mol. The summed E-state index contributed by atoms with van der Waals surface area (Å²) in [4.78, 5) is 4.21. The summed E-state index contributed by atoms with van der Waals surface area (Å²) in [5, 5.41) is 22.1. The third-order valence-corrected chi connectivity index (χ3v) is 4.37. The highest BCUT2D eigenvalue weighted by molar-refractivity contribution is 7.99. The molecule has 0 aromatic carbocycles. The molecule has 8 heteroatoms. The number of pyridine rings is 1. The first-order valence-electron chi connectivity index (χ1n) is 6.40. The molecule has 0 saturated heterocycles. The fourth-order valence-electron chi connectivity index (χ4n) is 2.35. The summed E-state index contributed by atoms with van der Waals surface area (Å²) < 4.78 is 1.85. The SMILES string of the molecule is N#Cc1ccnc(Sc2nnnn2C2CCCC2)c1N. The van der Waals surface area contributed by atoms with E-state index >= 15 is 0 Å². The van der Waals surface area contributed by atoms with Crippen molar-refractivity contribution in [3.63, 3.8) is 0 Å². The van der Waals surface area contributed by atoms with Gasteiger partial charge in [-0.05, 0) is 41.1 Å². The first kappa shape index (κ1) is 12.9. The molecular formula is C12H13N7S. The van der Waals surface area contributed by atoms with Crippen molar-refractivity contribution in [3.05, 3.63) is 17.8 Å². The summed E-state index contributed by atoms with van der Waals surface area (Å²) in [6, 6.07) is 4.00. The van der Waals surface area contributed by atoms with Gasteiger partial charge in [0.1, 0.15) is 11.1 Å². The Hall–Kier alpha value is -2.14. The van der Waals surface area contributed by atoms with Crippen LogP contribution in [-0.2, 0) is 0 Å². The van der Waals surface area contributed by atoms with Gasteiger partial charge in [0.25, 0.3) is 0 Å². The first-order valence-corrected chi connectivity index (χ1v) is 7.21. The van der Waals surface area contributed by atoms with Crippen LogP contribution >= 0.6 is 11.8 Å². The maximum atomic E-state index is 8.98. The fraction of sp³-hybridized carbons (Fsp3) is 0.417. The average Bonchev–Trinajstić information content (AvgIpc) is 3.11. The molecule has 0 bridgehead atoms. The molecule has 20 heavy (non-hydrogen) atoms. The van der Waals surface area contributed by atoms with E-state index in [-0.39, 0.29) is 0 Å². The van der Waals surface area contributed by atoms with Crippen LogP contribution < -0.4 is 5.73 Å². The molecule has 0 spiro atoms. The smallest absolute Gasteiger partial charge is 0.215 e. The molecule has 0 atom stereocenters. The van der Waals surface area contributed by atoms with Crippen molar-refractivity contribution >= 4 is 17.4 Å². The van der Waals surface area contributed by atoms with E-state index in [1.54, 1.807) is 12.3 Å². The molecule has 1 aliphatic rings. The number of nitrogens with zero attached hydrogens (tertiary/aromatic N) is 6. The predicted octanol–water partition coefficient (Wildman–Crippen LogP) is 1.79. The highest BCUT2D eigenvalue weighted by Crippen LogP contribution is 2.35. The van der Waals surface area contributed by atoms with E-state index in [2.05, 4.69) is 20.5 Å². The van der Waals surface area contributed by atoms with Gasteiger partial charge in [-0.25, -0.2) is 9.67 Å².